The van der Waals surface area contributed by atoms with Gasteiger partial charge >= 0.3 is 6.09 Å². The summed E-state index contributed by atoms with van der Waals surface area (Å²) in [4.78, 5) is 43.8. The van der Waals surface area contributed by atoms with Crippen LogP contribution in [0.25, 0.3) is 0 Å². The van der Waals surface area contributed by atoms with Crippen molar-refractivity contribution < 1.29 is 24.2 Å². The molecule has 3 saturated heterocycles. The molecule has 158 valence electrons. The highest BCUT2D eigenvalue weighted by molar-refractivity contribution is 6.01. The molecule has 3 aliphatic heterocycles. The lowest BCUT2D eigenvalue weighted by Crippen LogP contribution is -2.81. The third kappa shape index (κ3) is 3.25. The van der Waals surface area contributed by atoms with E-state index in [1.165, 1.54) is 9.80 Å². The third-order valence-electron chi connectivity index (χ3n) is 6.18. The number of β-lactam (4-membered cyclic amide) rings is 1. The van der Waals surface area contributed by atoms with Crippen LogP contribution in [0.2, 0.25) is 0 Å². The standard InChI is InChI=1S/C20H33N3O5/c1-13(24)15(16(25)21-10-6-7-11-21)23-14(2)20(17(23)26)9-8-12-22(20)18(27)28-19(3,4)5/h13-15,24H,6-12H2,1-5H3/t13-,14?,15?,20?/m1/s1. The Labute approximate surface area is 166 Å². The Bertz CT molecular complexity index is 653. The molecule has 4 atom stereocenters. The molecule has 28 heavy (non-hydrogen) atoms. The molecule has 3 fully saturated rings. The fourth-order valence-corrected chi connectivity index (χ4v) is 4.86. The van der Waals surface area contributed by atoms with Crippen LogP contribution in [0.4, 0.5) is 4.79 Å². The first kappa shape index (κ1) is 20.9. The van der Waals surface area contributed by atoms with Crippen molar-refractivity contribution in [3.63, 3.8) is 0 Å². The van der Waals surface area contributed by atoms with E-state index in [1.807, 2.05) is 6.92 Å². The highest BCUT2D eigenvalue weighted by Crippen LogP contribution is 2.46. The maximum Gasteiger partial charge on any atom is 0.411 e. The molecule has 0 aromatic carbocycles. The molecule has 3 rings (SSSR count). The maximum atomic E-state index is 13.3. The van der Waals surface area contributed by atoms with Crippen LogP contribution >= 0.6 is 0 Å². The van der Waals surface area contributed by atoms with Gasteiger partial charge in [0.05, 0.1) is 12.1 Å². The highest BCUT2D eigenvalue weighted by atomic mass is 16.6. The summed E-state index contributed by atoms with van der Waals surface area (Å²) in [7, 11) is 0. The van der Waals surface area contributed by atoms with Crippen molar-refractivity contribution in [1.29, 1.82) is 0 Å². The number of rotatable bonds is 3. The lowest BCUT2D eigenvalue weighted by molar-refractivity contribution is -0.185. The molecule has 3 aliphatic rings. The van der Waals surface area contributed by atoms with Crippen LogP contribution in [0.15, 0.2) is 0 Å². The Hall–Kier alpha value is -1.83. The lowest BCUT2D eigenvalue weighted by atomic mass is 9.75. The van der Waals surface area contributed by atoms with Gasteiger partial charge in [-0.2, -0.15) is 0 Å². The first-order valence-corrected chi connectivity index (χ1v) is 10.3. The Morgan fingerprint density at radius 2 is 1.79 bits per heavy atom. The number of aliphatic hydroxyl groups is 1. The highest BCUT2D eigenvalue weighted by Gasteiger charge is 2.68. The Balaban J connectivity index is 1.82. The van der Waals surface area contributed by atoms with Crippen LogP contribution in [-0.2, 0) is 14.3 Å². The molecule has 8 heteroatoms. The zero-order valence-electron chi connectivity index (χ0n) is 17.6. The summed E-state index contributed by atoms with van der Waals surface area (Å²) in [5.41, 5.74) is -1.62. The first-order chi connectivity index (χ1) is 13.0. The molecule has 0 aliphatic carbocycles. The zero-order valence-corrected chi connectivity index (χ0v) is 17.6. The van der Waals surface area contributed by atoms with E-state index >= 15 is 0 Å². The fraction of sp³-hybridized carbons (Fsp3) is 0.850. The van der Waals surface area contributed by atoms with Crippen molar-refractivity contribution in [3.8, 4) is 0 Å². The van der Waals surface area contributed by atoms with Gasteiger partial charge in [-0.1, -0.05) is 0 Å². The normalized spacial score (nSPS) is 29.9. The van der Waals surface area contributed by atoms with Gasteiger partial charge in [0.15, 0.2) is 0 Å². The summed E-state index contributed by atoms with van der Waals surface area (Å²) in [6, 6.07) is -1.27. The molecule has 0 aromatic heterocycles. The molecule has 3 unspecified atom stereocenters. The van der Waals surface area contributed by atoms with Crippen molar-refractivity contribution in [3.05, 3.63) is 0 Å². The Kier molecular flexibility index (Phi) is 5.38. The van der Waals surface area contributed by atoms with Crippen LogP contribution in [0.5, 0.6) is 0 Å². The second-order valence-electron chi connectivity index (χ2n) is 9.27. The van der Waals surface area contributed by atoms with E-state index in [0.29, 0.717) is 32.5 Å². The Morgan fingerprint density at radius 1 is 1.18 bits per heavy atom. The average Bonchev–Trinajstić information content (AvgIpc) is 3.26. The van der Waals surface area contributed by atoms with Gasteiger partial charge in [-0.05, 0) is 60.3 Å². The number of carbonyl (C=O) groups is 3. The van der Waals surface area contributed by atoms with Crippen molar-refractivity contribution in [2.24, 2.45) is 0 Å². The second-order valence-corrected chi connectivity index (χ2v) is 9.27. The number of amides is 3. The summed E-state index contributed by atoms with van der Waals surface area (Å²) in [5.74, 6) is -0.467. The summed E-state index contributed by atoms with van der Waals surface area (Å²) < 4.78 is 5.51. The number of carbonyl (C=O) groups excluding carboxylic acids is 3. The predicted molar refractivity (Wildman–Crippen MR) is 102 cm³/mol. The number of ether oxygens (including phenoxy) is 1. The van der Waals surface area contributed by atoms with E-state index in [-0.39, 0.29) is 17.9 Å². The monoisotopic (exact) mass is 395 g/mol. The van der Waals surface area contributed by atoms with Gasteiger partial charge < -0.3 is 19.6 Å². The van der Waals surface area contributed by atoms with E-state index in [0.717, 1.165) is 12.8 Å². The number of hydrogen-bond donors (Lipinski definition) is 1. The summed E-state index contributed by atoms with van der Waals surface area (Å²) in [6.07, 6.45) is 1.67. The minimum atomic E-state index is -0.978. The predicted octanol–water partition coefficient (Wildman–Crippen LogP) is 1.36. The molecule has 0 aromatic rings. The number of aliphatic hydroxyl groups excluding tert-OH is 1. The minimum absolute atomic E-state index is 0.204. The van der Waals surface area contributed by atoms with E-state index in [4.69, 9.17) is 4.74 Å². The molecule has 0 saturated carbocycles. The smallest absolute Gasteiger partial charge is 0.411 e. The van der Waals surface area contributed by atoms with Crippen LogP contribution in [0.1, 0.15) is 60.3 Å². The topological polar surface area (TPSA) is 90.4 Å². The van der Waals surface area contributed by atoms with Crippen LogP contribution in [0, 0.1) is 0 Å². The van der Waals surface area contributed by atoms with Gasteiger partial charge in [-0.25, -0.2) is 4.79 Å². The number of hydrogen-bond acceptors (Lipinski definition) is 5. The van der Waals surface area contributed by atoms with Gasteiger partial charge in [-0.15, -0.1) is 0 Å². The Morgan fingerprint density at radius 3 is 2.29 bits per heavy atom. The molecule has 1 N–H and O–H groups in total. The first-order valence-electron chi connectivity index (χ1n) is 10.3. The van der Waals surface area contributed by atoms with E-state index in [1.54, 1.807) is 32.6 Å². The number of likely N-dealkylation sites (tertiary alicyclic amines) is 3. The molecule has 8 nitrogen and oxygen atoms in total. The fourth-order valence-electron chi connectivity index (χ4n) is 4.86. The molecule has 1 spiro atoms. The van der Waals surface area contributed by atoms with Crippen LogP contribution in [-0.4, -0.2) is 86.7 Å². The zero-order chi connectivity index (χ0) is 20.9. The van der Waals surface area contributed by atoms with Gasteiger partial charge in [0.1, 0.15) is 17.2 Å². The van der Waals surface area contributed by atoms with Crippen LogP contribution < -0.4 is 0 Å². The second kappa shape index (κ2) is 7.21. The van der Waals surface area contributed by atoms with Crippen molar-refractivity contribution >= 4 is 17.9 Å². The van der Waals surface area contributed by atoms with E-state index < -0.39 is 29.4 Å². The lowest BCUT2D eigenvalue weighted by Gasteiger charge is -2.59. The summed E-state index contributed by atoms with van der Waals surface area (Å²) >= 11 is 0. The average molecular weight is 396 g/mol. The quantitative estimate of drug-likeness (QED) is 0.729. The van der Waals surface area contributed by atoms with E-state index in [2.05, 4.69) is 0 Å². The van der Waals surface area contributed by atoms with Crippen molar-refractivity contribution in [2.75, 3.05) is 19.6 Å². The van der Waals surface area contributed by atoms with Gasteiger partial charge in [0.2, 0.25) is 5.91 Å². The maximum absolute atomic E-state index is 13.3. The van der Waals surface area contributed by atoms with Crippen molar-refractivity contribution in [1.82, 2.24) is 14.7 Å². The summed E-state index contributed by atoms with van der Waals surface area (Å²) in [5, 5.41) is 10.3. The molecule has 0 bridgehead atoms. The molecular formula is C20H33N3O5. The van der Waals surface area contributed by atoms with Gasteiger partial charge in [0, 0.05) is 19.6 Å². The molecule has 3 heterocycles. The van der Waals surface area contributed by atoms with Crippen molar-refractivity contribution in [2.45, 2.75) is 89.6 Å². The molecule has 0 radical (unpaired) electrons. The molecular weight excluding hydrogens is 362 g/mol. The largest absolute Gasteiger partial charge is 0.444 e. The van der Waals surface area contributed by atoms with Gasteiger partial charge in [0.25, 0.3) is 5.91 Å². The number of nitrogens with zero attached hydrogens (tertiary/aromatic N) is 3. The minimum Gasteiger partial charge on any atom is -0.444 e. The van der Waals surface area contributed by atoms with E-state index in [9.17, 15) is 19.5 Å². The summed E-state index contributed by atoms with van der Waals surface area (Å²) in [6.45, 7) is 10.6. The third-order valence-corrected chi connectivity index (χ3v) is 6.18. The van der Waals surface area contributed by atoms with Gasteiger partial charge in [-0.3, -0.25) is 14.5 Å². The van der Waals surface area contributed by atoms with Crippen LogP contribution in [0.3, 0.4) is 0 Å². The SMILES string of the molecule is CC1N(C(C(=O)N2CCCC2)[C@@H](C)O)C(=O)C12CCCN2C(=O)OC(C)(C)C. The molecule has 3 amide bonds.